The second-order valence-corrected chi connectivity index (χ2v) is 13.3. The third-order valence-corrected chi connectivity index (χ3v) is 9.90. The molecule has 7 rings (SSSR count). The van der Waals surface area contributed by atoms with Gasteiger partial charge in [-0.2, -0.15) is 15.2 Å². The number of aryl methyl sites for hydroxylation is 1. The van der Waals surface area contributed by atoms with Gasteiger partial charge in [-0.3, -0.25) is 0 Å². The second kappa shape index (κ2) is 11.5. The van der Waals surface area contributed by atoms with Gasteiger partial charge >= 0.3 is 6.01 Å². The molecule has 8 nitrogen and oxygen atoms in total. The molecule has 3 aromatic rings. The summed E-state index contributed by atoms with van der Waals surface area (Å²) >= 11 is 0. The summed E-state index contributed by atoms with van der Waals surface area (Å²) in [4.78, 5) is 17.4. The van der Waals surface area contributed by atoms with Gasteiger partial charge < -0.3 is 24.8 Å². The first-order valence-electron chi connectivity index (χ1n) is 16.0. The maximum Gasteiger partial charge on any atom is 0.318 e. The Bertz CT molecular complexity index is 1540. The van der Waals surface area contributed by atoms with Crippen LogP contribution in [0.25, 0.3) is 10.8 Å². The highest BCUT2D eigenvalue weighted by Crippen LogP contribution is 2.47. The molecule has 43 heavy (non-hydrogen) atoms. The number of aromatic nitrogens is 2. The zero-order valence-electron chi connectivity index (χ0n) is 25.4. The summed E-state index contributed by atoms with van der Waals surface area (Å²) in [6, 6.07) is 12.7. The van der Waals surface area contributed by atoms with Crippen molar-refractivity contribution in [2.24, 2.45) is 5.41 Å². The molecule has 2 atom stereocenters. The van der Waals surface area contributed by atoms with Gasteiger partial charge in [0.25, 0.3) is 0 Å². The van der Waals surface area contributed by atoms with E-state index in [-0.39, 0.29) is 23.3 Å². The van der Waals surface area contributed by atoms with Crippen LogP contribution in [0.4, 0.5) is 15.9 Å². The van der Waals surface area contributed by atoms with E-state index in [1.807, 2.05) is 13.0 Å². The van der Waals surface area contributed by atoms with Gasteiger partial charge in [-0.1, -0.05) is 18.2 Å². The summed E-state index contributed by atoms with van der Waals surface area (Å²) in [6.07, 6.45) is 6.22. The first-order chi connectivity index (χ1) is 20.9. The highest BCUT2D eigenvalue weighted by molar-refractivity contribution is 5.97. The fourth-order valence-electron chi connectivity index (χ4n) is 7.44. The lowest BCUT2D eigenvalue weighted by Gasteiger charge is -2.40. The van der Waals surface area contributed by atoms with Crippen molar-refractivity contribution < 1.29 is 9.13 Å². The van der Waals surface area contributed by atoms with Crippen LogP contribution in [0.3, 0.4) is 0 Å². The van der Waals surface area contributed by atoms with Gasteiger partial charge in [-0.25, -0.2) is 4.39 Å². The quantitative estimate of drug-likeness (QED) is 0.398. The third-order valence-electron chi connectivity index (χ3n) is 9.90. The topological polar surface area (TPSA) is 80.6 Å². The van der Waals surface area contributed by atoms with Crippen LogP contribution in [-0.2, 0) is 13.0 Å². The Labute approximate surface area is 253 Å². The van der Waals surface area contributed by atoms with Crippen LogP contribution in [0.1, 0.15) is 55.8 Å². The van der Waals surface area contributed by atoms with Gasteiger partial charge in [-0.05, 0) is 82.1 Å². The maximum atomic E-state index is 14.7. The van der Waals surface area contributed by atoms with Crippen molar-refractivity contribution in [2.75, 3.05) is 55.7 Å². The number of rotatable bonds is 8. The van der Waals surface area contributed by atoms with Crippen LogP contribution >= 0.6 is 0 Å². The van der Waals surface area contributed by atoms with Crippen LogP contribution in [-0.4, -0.2) is 72.8 Å². The number of fused-ring (bicyclic) bond motifs is 2. The van der Waals surface area contributed by atoms with E-state index in [1.165, 1.54) is 38.8 Å². The molecule has 3 aliphatic heterocycles. The maximum absolute atomic E-state index is 14.7. The van der Waals surface area contributed by atoms with Gasteiger partial charge in [0.05, 0.1) is 31.3 Å². The average molecular weight is 584 g/mol. The molecule has 4 heterocycles. The molecule has 0 amide bonds. The number of benzene rings is 2. The van der Waals surface area contributed by atoms with Gasteiger partial charge in [0.1, 0.15) is 11.6 Å². The lowest BCUT2D eigenvalue weighted by atomic mass is 9.99. The number of nitrogens with one attached hydrogen (secondary N) is 1. The number of ether oxygens (including phenoxy) is 1. The van der Waals surface area contributed by atoms with E-state index < -0.39 is 0 Å². The van der Waals surface area contributed by atoms with Crippen molar-refractivity contribution in [3.05, 3.63) is 53.0 Å². The summed E-state index contributed by atoms with van der Waals surface area (Å²) in [5, 5.41) is 15.0. The van der Waals surface area contributed by atoms with Gasteiger partial charge in [0, 0.05) is 60.3 Å². The van der Waals surface area contributed by atoms with Crippen molar-refractivity contribution in [2.45, 2.75) is 71.0 Å². The Balaban J connectivity index is 1.21. The minimum atomic E-state index is -0.180. The largest absolute Gasteiger partial charge is 0.463 e. The Kier molecular flexibility index (Phi) is 7.60. The SMILES string of the molecule is Cc1c(F)ccc2cccc(N3CCc4c(nc(OCC5(CN6CCCC6)CC5)nc4N4C[C@H](CC#N)N[C@@H](C)C4)C3)c12. The van der Waals surface area contributed by atoms with Crippen LogP contribution in [0.5, 0.6) is 6.01 Å². The van der Waals surface area contributed by atoms with Crippen LogP contribution in [0.2, 0.25) is 0 Å². The molecule has 1 aliphatic carbocycles. The molecule has 0 unspecified atom stereocenters. The zero-order chi connectivity index (χ0) is 29.6. The highest BCUT2D eigenvalue weighted by atomic mass is 19.1. The normalized spacial score (nSPS) is 23.3. The summed E-state index contributed by atoms with van der Waals surface area (Å²) < 4.78 is 21.2. The predicted octanol–water partition coefficient (Wildman–Crippen LogP) is 4.98. The third kappa shape index (κ3) is 5.75. The number of piperazine rings is 1. The number of anilines is 2. The number of hydrogen-bond donors (Lipinski definition) is 1. The Hall–Kier alpha value is -3.48. The molecule has 4 aliphatic rings. The highest BCUT2D eigenvalue weighted by Gasteiger charge is 2.45. The van der Waals surface area contributed by atoms with E-state index in [9.17, 15) is 9.65 Å². The van der Waals surface area contributed by atoms with Gasteiger partial charge in [-0.15, -0.1) is 0 Å². The van der Waals surface area contributed by atoms with Crippen LogP contribution in [0, 0.1) is 29.5 Å². The Morgan fingerprint density at radius 1 is 1.09 bits per heavy atom. The molecule has 0 spiro atoms. The predicted molar refractivity (Wildman–Crippen MR) is 167 cm³/mol. The number of halogens is 1. The molecule has 226 valence electrons. The fourth-order valence-corrected chi connectivity index (χ4v) is 7.44. The number of nitriles is 1. The van der Waals surface area contributed by atoms with Crippen molar-refractivity contribution in [1.29, 1.82) is 5.26 Å². The summed E-state index contributed by atoms with van der Waals surface area (Å²) in [6.45, 7) is 11.1. The van der Waals surface area contributed by atoms with E-state index in [4.69, 9.17) is 14.7 Å². The van der Waals surface area contributed by atoms with Gasteiger partial charge in [0.2, 0.25) is 0 Å². The van der Waals surface area contributed by atoms with Crippen molar-refractivity contribution in [3.8, 4) is 12.1 Å². The lowest BCUT2D eigenvalue weighted by molar-refractivity contribution is 0.169. The summed E-state index contributed by atoms with van der Waals surface area (Å²) in [5.41, 5.74) is 4.06. The molecule has 3 fully saturated rings. The van der Waals surface area contributed by atoms with E-state index in [0.29, 0.717) is 31.1 Å². The fraction of sp³-hybridized carbons (Fsp3) is 0.559. The van der Waals surface area contributed by atoms with E-state index in [2.05, 4.69) is 51.2 Å². The minimum Gasteiger partial charge on any atom is -0.463 e. The zero-order valence-corrected chi connectivity index (χ0v) is 25.4. The molecule has 1 N–H and O–H groups in total. The van der Waals surface area contributed by atoms with Crippen LogP contribution < -0.4 is 19.9 Å². The lowest BCUT2D eigenvalue weighted by Crippen LogP contribution is -2.56. The van der Waals surface area contributed by atoms with E-state index in [0.717, 1.165) is 66.1 Å². The second-order valence-electron chi connectivity index (χ2n) is 13.3. The first kappa shape index (κ1) is 28.3. The number of hydrogen-bond acceptors (Lipinski definition) is 8. The van der Waals surface area contributed by atoms with Crippen molar-refractivity contribution >= 4 is 22.3 Å². The van der Waals surface area contributed by atoms with Crippen molar-refractivity contribution in [1.82, 2.24) is 20.2 Å². The molecular formula is C34H42FN7O. The minimum absolute atomic E-state index is 0.0903. The molecule has 0 bridgehead atoms. The summed E-state index contributed by atoms with van der Waals surface area (Å²) in [7, 11) is 0. The Morgan fingerprint density at radius 2 is 1.93 bits per heavy atom. The standard InChI is InChI=1S/C34H42FN7O/c1-23-18-42(19-26(37-23)10-14-36)32-27-11-17-41(30-7-5-6-25-8-9-28(35)24(2)31(25)30)20-29(27)38-33(39-32)43-22-34(12-13-34)21-40-15-3-4-16-40/h5-9,23,26,37H,3-4,10-13,15-22H2,1-2H3/t23-,26-/m0/s1. The first-order valence-corrected chi connectivity index (χ1v) is 16.0. The number of likely N-dealkylation sites (tertiary alicyclic amines) is 1. The molecule has 1 saturated carbocycles. The molecule has 1 aromatic heterocycles. The summed E-state index contributed by atoms with van der Waals surface area (Å²) in [5.74, 6) is 0.765. The van der Waals surface area contributed by atoms with Crippen LogP contribution in [0.15, 0.2) is 30.3 Å². The van der Waals surface area contributed by atoms with E-state index in [1.54, 1.807) is 6.07 Å². The smallest absolute Gasteiger partial charge is 0.318 e. The van der Waals surface area contributed by atoms with Crippen molar-refractivity contribution in [3.63, 3.8) is 0 Å². The average Bonchev–Trinajstić information content (AvgIpc) is 3.58. The molecule has 9 heteroatoms. The van der Waals surface area contributed by atoms with E-state index >= 15 is 0 Å². The number of nitrogens with zero attached hydrogens (tertiary/aromatic N) is 6. The molecule has 0 radical (unpaired) electrons. The Morgan fingerprint density at radius 3 is 2.72 bits per heavy atom. The van der Waals surface area contributed by atoms with Gasteiger partial charge in [0.15, 0.2) is 0 Å². The monoisotopic (exact) mass is 583 g/mol. The molecular weight excluding hydrogens is 541 g/mol. The molecule has 2 saturated heterocycles. The molecule has 2 aromatic carbocycles.